The maximum absolute atomic E-state index is 12.5. The molecule has 0 radical (unpaired) electrons. The largest absolute Gasteiger partial charge is 0.419 e. The summed E-state index contributed by atoms with van der Waals surface area (Å²) in [6, 6.07) is 4.37. The minimum atomic E-state index is -1.14. The van der Waals surface area contributed by atoms with Crippen LogP contribution in [0.25, 0.3) is 6.08 Å². The molecule has 1 spiro atoms. The smallest absolute Gasteiger partial charge is 0.348 e. The Hall–Kier alpha value is -2.90. The molecule has 1 aliphatic heterocycles. The van der Waals surface area contributed by atoms with Gasteiger partial charge in [-0.3, -0.25) is 10.1 Å². The maximum Gasteiger partial charge on any atom is 0.348 e. The van der Waals surface area contributed by atoms with Gasteiger partial charge in [-0.2, -0.15) is 0 Å². The van der Waals surface area contributed by atoms with Crippen LogP contribution in [-0.4, -0.2) is 35.7 Å². The van der Waals surface area contributed by atoms with Crippen molar-refractivity contribution in [3.8, 4) is 0 Å². The van der Waals surface area contributed by atoms with Gasteiger partial charge in [0, 0.05) is 49.3 Å². The van der Waals surface area contributed by atoms with E-state index in [2.05, 4.69) is 0 Å². The molecule has 0 amide bonds. The lowest BCUT2D eigenvalue weighted by Gasteiger charge is -2.33. The summed E-state index contributed by atoms with van der Waals surface area (Å²) >= 11 is 0. The summed E-state index contributed by atoms with van der Waals surface area (Å²) in [5.74, 6) is -2.63. The minimum Gasteiger partial charge on any atom is -0.419 e. The molecule has 2 fully saturated rings. The van der Waals surface area contributed by atoms with E-state index in [-0.39, 0.29) is 11.3 Å². The number of nitro benzene ring substituents is 1. The van der Waals surface area contributed by atoms with E-state index in [1.165, 1.54) is 18.2 Å². The maximum atomic E-state index is 12.5. The first-order valence-electron chi connectivity index (χ1n) is 9.11. The fraction of sp³-hybridized carbons (Fsp3) is 0.474. The summed E-state index contributed by atoms with van der Waals surface area (Å²) in [6.45, 7) is 5.24. The SMILES string of the molecule is CCN(CC)c1ccc([N+](=O)[O-])cc1C=C1C(=O)OC2(CCCC2)OC1=O. The van der Waals surface area contributed by atoms with Gasteiger partial charge in [0.1, 0.15) is 5.57 Å². The van der Waals surface area contributed by atoms with Gasteiger partial charge in [0.05, 0.1) is 4.92 Å². The van der Waals surface area contributed by atoms with Crippen molar-refractivity contribution in [1.82, 2.24) is 0 Å². The summed E-state index contributed by atoms with van der Waals surface area (Å²) in [4.78, 5) is 37.6. The highest BCUT2D eigenvalue weighted by Crippen LogP contribution is 2.39. The number of anilines is 1. The highest BCUT2D eigenvalue weighted by atomic mass is 16.7. The Labute approximate surface area is 156 Å². The molecular weight excluding hydrogens is 352 g/mol. The molecule has 1 saturated heterocycles. The van der Waals surface area contributed by atoms with E-state index in [1.807, 2.05) is 18.7 Å². The molecule has 1 aromatic carbocycles. The van der Waals surface area contributed by atoms with Crippen LogP contribution >= 0.6 is 0 Å². The zero-order chi connectivity index (χ0) is 19.6. The zero-order valence-electron chi connectivity index (χ0n) is 15.4. The third kappa shape index (κ3) is 3.65. The van der Waals surface area contributed by atoms with Gasteiger partial charge >= 0.3 is 11.9 Å². The first kappa shape index (κ1) is 18.9. The van der Waals surface area contributed by atoms with E-state index in [0.29, 0.717) is 37.2 Å². The highest BCUT2D eigenvalue weighted by Gasteiger charge is 2.48. The average molecular weight is 374 g/mol. The van der Waals surface area contributed by atoms with Crippen LogP contribution in [0.3, 0.4) is 0 Å². The number of rotatable bonds is 5. The molecule has 8 heteroatoms. The van der Waals surface area contributed by atoms with Crippen LogP contribution in [0.15, 0.2) is 23.8 Å². The van der Waals surface area contributed by atoms with Gasteiger partial charge in [-0.1, -0.05) is 0 Å². The third-order valence-electron chi connectivity index (χ3n) is 4.99. The molecule has 0 bridgehead atoms. The van der Waals surface area contributed by atoms with E-state index in [9.17, 15) is 19.7 Å². The lowest BCUT2D eigenvalue weighted by atomic mass is 10.1. The van der Waals surface area contributed by atoms with Crippen molar-refractivity contribution in [2.45, 2.75) is 45.3 Å². The standard InChI is InChI=1S/C19H22N2O6/c1-3-20(4-2)16-8-7-14(21(24)25)11-13(16)12-15-17(22)26-19(27-18(15)23)9-5-6-10-19/h7-8,11-12H,3-6,9-10H2,1-2H3. The lowest BCUT2D eigenvalue weighted by Crippen LogP contribution is -2.44. The fourth-order valence-corrected chi connectivity index (χ4v) is 3.57. The van der Waals surface area contributed by atoms with Crippen molar-refractivity contribution < 1.29 is 24.0 Å². The van der Waals surface area contributed by atoms with E-state index in [0.717, 1.165) is 12.8 Å². The summed E-state index contributed by atoms with van der Waals surface area (Å²) < 4.78 is 10.8. The van der Waals surface area contributed by atoms with Crippen LogP contribution in [-0.2, 0) is 19.1 Å². The average Bonchev–Trinajstić information content (AvgIpc) is 3.07. The molecule has 0 N–H and O–H groups in total. The topological polar surface area (TPSA) is 99.0 Å². The van der Waals surface area contributed by atoms with Crippen LogP contribution in [0.4, 0.5) is 11.4 Å². The first-order valence-corrected chi connectivity index (χ1v) is 9.11. The van der Waals surface area contributed by atoms with Crippen molar-refractivity contribution in [1.29, 1.82) is 0 Å². The Kier molecular flexibility index (Phi) is 5.16. The fourth-order valence-electron chi connectivity index (χ4n) is 3.57. The molecule has 0 aromatic heterocycles. The molecule has 1 saturated carbocycles. The quantitative estimate of drug-likeness (QED) is 0.256. The van der Waals surface area contributed by atoms with Gasteiger partial charge in [-0.25, -0.2) is 9.59 Å². The molecule has 0 unspecified atom stereocenters. The molecule has 27 heavy (non-hydrogen) atoms. The second-order valence-corrected chi connectivity index (χ2v) is 6.63. The Bertz CT molecular complexity index is 784. The lowest BCUT2D eigenvalue weighted by molar-refractivity contribution is -0.384. The van der Waals surface area contributed by atoms with Crippen molar-refractivity contribution in [2.75, 3.05) is 18.0 Å². The van der Waals surface area contributed by atoms with E-state index < -0.39 is 22.6 Å². The monoisotopic (exact) mass is 374 g/mol. The number of carbonyl (C=O) groups is 2. The van der Waals surface area contributed by atoms with Crippen molar-refractivity contribution >= 4 is 29.4 Å². The minimum absolute atomic E-state index is 0.123. The number of hydrogen-bond acceptors (Lipinski definition) is 7. The second-order valence-electron chi connectivity index (χ2n) is 6.63. The van der Waals surface area contributed by atoms with Crippen LogP contribution < -0.4 is 4.90 Å². The van der Waals surface area contributed by atoms with E-state index in [1.54, 1.807) is 6.07 Å². The number of esters is 2. The molecule has 144 valence electrons. The predicted octanol–water partition coefficient (Wildman–Crippen LogP) is 3.19. The normalized spacial score (nSPS) is 18.2. The van der Waals surface area contributed by atoms with Gasteiger partial charge in [0.2, 0.25) is 0 Å². The number of nitrogens with zero attached hydrogens (tertiary/aromatic N) is 2. The Morgan fingerprint density at radius 1 is 1.15 bits per heavy atom. The summed E-state index contributed by atoms with van der Waals surface area (Å²) in [5.41, 5.74) is 0.725. The molecule has 8 nitrogen and oxygen atoms in total. The number of ether oxygens (including phenoxy) is 2. The Morgan fingerprint density at radius 2 is 1.74 bits per heavy atom. The molecule has 0 atom stereocenters. The highest BCUT2D eigenvalue weighted by molar-refractivity contribution is 6.19. The van der Waals surface area contributed by atoms with Crippen molar-refractivity contribution in [3.63, 3.8) is 0 Å². The van der Waals surface area contributed by atoms with Gasteiger partial charge in [0.25, 0.3) is 11.5 Å². The third-order valence-corrected chi connectivity index (χ3v) is 4.99. The van der Waals surface area contributed by atoms with Crippen LogP contribution in [0.5, 0.6) is 0 Å². The van der Waals surface area contributed by atoms with E-state index >= 15 is 0 Å². The molecule has 3 rings (SSSR count). The van der Waals surface area contributed by atoms with Gasteiger partial charge < -0.3 is 14.4 Å². The van der Waals surface area contributed by atoms with Crippen molar-refractivity contribution in [3.05, 3.63) is 39.4 Å². The van der Waals surface area contributed by atoms with Gasteiger partial charge in [0.15, 0.2) is 0 Å². The summed E-state index contributed by atoms with van der Waals surface area (Å²) in [5, 5.41) is 11.2. The number of non-ortho nitro benzene ring substituents is 1. The zero-order valence-corrected chi connectivity index (χ0v) is 15.4. The molecule has 2 aliphatic rings. The van der Waals surface area contributed by atoms with E-state index in [4.69, 9.17) is 9.47 Å². The van der Waals surface area contributed by atoms with Crippen LogP contribution in [0.2, 0.25) is 0 Å². The summed E-state index contributed by atoms with van der Waals surface area (Å²) in [7, 11) is 0. The number of benzene rings is 1. The first-order chi connectivity index (χ1) is 12.9. The number of hydrogen-bond donors (Lipinski definition) is 0. The molecular formula is C19H22N2O6. The van der Waals surface area contributed by atoms with Gasteiger partial charge in [-0.05, 0) is 38.8 Å². The predicted molar refractivity (Wildman–Crippen MR) is 98.0 cm³/mol. The van der Waals surface area contributed by atoms with Crippen molar-refractivity contribution in [2.24, 2.45) is 0 Å². The molecule has 1 aromatic rings. The van der Waals surface area contributed by atoms with Gasteiger partial charge in [-0.15, -0.1) is 0 Å². The second kappa shape index (κ2) is 7.38. The summed E-state index contributed by atoms with van der Waals surface area (Å²) in [6.07, 6.45) is 3.98. The molecule has 1 aliphatic carbocycles. The Morgan fingerprint density at radius 3 is 2.26 bits per heavy atom. The number of carbonyl (C=O) groups excluding carboxylic acids is 2. The number of nitro groups is 1. The van der Waals surface area contributed by atoms with Crippen LogP contribution in [0.1, 0.15) is 45.1 Å². The Balaban J connectivity index is 2.01. The molecule has 1 heterocycles. The van der Waals surface area contributed by atoms with Crippen LogP contribution in [0, 0.1) is 10.1 Å².